The first-order valence-electron chi connectivity index (χ1n) is 6.72. The molecular weight excluding hydrogens is 231 g/mol. The average Bonchev–Trinajstić information content (AvgIpc) is 2.81. The molecule has 1 heterocycles. The van der Waals surface area contributed by atoms with Gasteiger partial charge in [0.2, 0.25) is 0 Å². The summed E-state index contributed by atoms with van der Waals surface area (Å²) in [5.74, 6) is -0.247. The summed E-state index contributed by atoms with van der Waals surface area (Å²) in [5.41, 5.74) is 1.66. The van der Waals surface area contributed by atoms with Crippen molar-refractivity contribution in [2.24, 2.45) is 0 Å². The summed E-state index contributed by atoms with van der Waals surface area (Å²) < 4.78 is 18.5. The summed E-state index contributed by atoms with van der Waals surface area (Å²) in [7, 11) is 0. The van der Waals surface area contributed by atoms with Gasteiger partial charge in [0.15, 0.2) is 0 Å². The molecule has 1 aliphatic heterocycles. The van der Waals surface area contributed by atoms with Crippen molar-refractivity contribution >= 4 is 0 Å². The van der Waals surface area contributed by atoms with Crippen LogP contribution >= 0.6 is 0 Å². The van der Waals surface area contributed by atoms with Crippen LogP contribution in [0.2, 0.25) is 0 Å². The van der Waals surface area contributed by atoms with E-state index in [0.29, 0.717) is 12.5 Å². The molecule has 3 heteroatoms. The van der Waals surface area contributed by atoms with Crippen molar-refractivity contribution in [3.8, 4) is 0 Å². The van der Waals surface area contributed by atoms with Gasteiger partial charge in [-0.3, -0.25) is 0 Å². The molecular formula is C15H21FO2. The highest BCUT2D eigenvalue weighted by Crippen LogP contribution is 2.25. The van der Waals surface area contributed by atoms with Gasteiger partial charge in [0, 0.05) is 6.61 Å². The predicted octanol–water partition coefficient (Wildman–Crippen LogP) is 3.52. The summed E-state index contributed by atoms with van der Waals surface area (Å²) in [5, 5.41) is 10.1. The van der Waals surface area contributed by atoms with E-state index in [4.69, 9.17) is 4.74 Å². The minimum Gasteiger partial charge on any atom is -0.388 e. The van der Waals surface area contributed by atoms with Crippen LogP contribution in [0, 0.1) is 12.7 Å². The Balaban J connectivity index is 1.81. The number of aliphatic hydroxyl groups is 1. The molecule has 0 spiro atoms. The molecule has 2 nitrogen and oxygen atoms in total. The zero-order valence-corrected chi connectivity index (χ0v) is 10.9. The van der Waals surface area contributed by atoms with Crippen molar-refractivity contribution in [3.63, 3.8) is 0 Å². The van der Waals surface area contributed by atoms with Crippen LogP contribution in [0.3, 0.4) is 0 Å². The largest absolute Gasteiger partial charge is 0.388 e. The number of aryl methyl sites for hydroxylation is 1. The number of rotatable bonds is 5. The van der Waals surface area contributed by atoms with E-state index in [-0.39, 0.29) is 5.82 Å². The SMILES string of the molecule is Cc1cc(F)ccc1C(O)CCCC1CCCO1. The summed E-state index contributed by atoms with van der Waals surface area (Å²) in [4.78, 5) is 0. The molecule has 0 bridgehead atoms. The third-order valence-electron chi connectivity index (χ3n) is 3.62. The molecule has 1 N–H and O–H groups in total. The molecule has 0 aromatic heterocycles. The van der Waals surface area contributed by atoms with Crippen molar-refractivity contribution < 1.29 is 14.2 Å². The highest BCUT2D eigenvalue weighted by Gasteiger charge is 2.16. The van der Waals surface area contributed by atoms with Gasteiger partial charge in [0.1, 0.15) is 5.82 Å². The minimum absolute atomic E-state index is 0.247. The lowest BCUT2D eigenvalue weighted by Crippen LogP contribution is -2.06. The van der Waals surface area contributed by atoms with Crippen molar-refractivity contribution in [2.45, 2.75) is 51.2 Å². The van der Waals surface area contributed by atoms with E-state index in [0.717, 1.165) is 43.4 Å². The summed E-state index contributed by atoms with van der Waals surface area (Å²) in [6, 6.07) is 4.56. The zero-order valence-electron chi connectivity index (χ0n) is 10.9. The number of aliphatic hydroxyl groups excluding tert-OH is 1. The molecule has 2 unspecified atom stereocenters. The second-order valence-corrected chi connectivity index (χ2v) is 5.08. The number of halogens is 1. The monoisotopic (exact) mass is 252 g/mol. The Bertz CT molecular complexity index is 386. The molecule has 1 aromatic rings. The van der Waals surface area contributed by atoms with Crippen molar-refractivity contribution in [1.29, 1.82) is 0 Å². The fraction of sp³-hybridized carbons (Fsp3) is 0.600. The Morgan fingerprint density at radius 2 is 2.33 bits per heavy atom. The predicted molar refractivity (Wildman–Crippen MR) is 68.9 cm³/mol. The van der Waals surface area contributed by atoms with Gasteiger partial charge in [-0.1, -0.05) is 6.07 Å². The third kappa shape index (κ3) is 3.53. The maximum Gasteiger partial charge on any atom is 0.123 e. The quantitative estimate of drug-likeness (QED) is 0.868. The molecule has 2 atom stereocenters. The van der Waals surface area contributed by atoms with Gasteiger partial charge < -0.3 is 9.84 Å². The van der Waals surface area contributed by atoms with E-state index < -0.39 is 6.10 Å². The molecule has 0 radical (unpaired) electrons. The van der Waals surface area contributed by atoms with E-state index in [9.17, 15) is 9.50 Å². The van der Waals surface area contributed by atoms with Gasteiger partial charge in [-0.25, -0.2) is 4.39 Å². The molecule has 1 saturated heterocycles. The third-order valence-corrected chi connectivity index (χ3v) is 3.62. The van der Waals surface area contributed by atoms with Gasteiger partial charge in [0.05, 0.1) is 12.2 Å². The zero-order chi connectivity index (χ0) is 13.0. The lowest BCUT2D eigenvalue weighted by Gasteiger charge is -2.15. The number of ether oxygens (including phenoxy) is 1. The molecule has 1 fully saturated rings. The van der Waals surface area contributed by atoms with E-state index in [2.05, 4.69) is 0 Å². The molecule has 1 aromatic carbocycles. The van der Waals surface area contributed by atoms with Crippen LogP contribution in [0.25, 0.3) is 0 Å². The second kappa shape index (κ2) is 6.30. The topological polar surface area (TPSA) is 29.5 Å². The lowest BCUT2D eigenvalue weighted by atomic mass is 9.98. The molecule has 0 saturated carbocycles. The first-order chi connectivity index (χ1) is 8.66. The summed E-state index contributed by atoms with van der Waals surface area (Å²) >= 11 is 0. The summed E-state index contributed by atoms with van der Waals surface area (Å²) in [6.07, 6.45) is 4.86. The van der Waals surface area contributed by atoms with E-state index in [1.165, 1.54) is 12.1 Å². The minimum atomic E-state index is -0.494. The fourth-order valence-electron chi connectivity index (χ4n) is 2.58. The first-order valence-corrected chi connectivity index (χ1v) is 6.72. The van der Waals surface area contributed by atoms with Crippen molar-refractivity contribution in [1.82, 2.24) is 0 Å². The van der Waals surface area contributed by atoms with Crippen LogP contribution in [0.15, 0.2) is 18.2 Å². The van der Waals surface area contributed by atoms with Crippen LogP contribution in [0.1, 0.15) is 49.3 Å². The van der Waals surface area contributed by atoms with Crippen LogP contribution < -0.4 is 0 Å². The Kier molecular flexibility index (Phi) is 4.72. The maximum atomic E-state index is 13.0. The van der Waals surface area contributed by atoms with E-state index in [1.807, 2.05) is 6.92 Å². The van der Waals surface area contributed by atoms with Crippen molar-refractivity contribution in [3.05, 3.63) is 35.1 Å². The van der Waals surface area contributed by atoms with Gasteiger partial charge in [0.25, 0.3) is 0 Å². The molecule has 0 amide bonds. The molecule has 18 heavy (non-hydrogen) atoms. The Hall–Kier alpha value is -0.930. The fourth-order valence-corrected chi connectivity index (χ4v) is 2.58. The van der Waals surface area contributed by atoms with Gasteiger partial charge in [-0.05, 0) is 62.3 Å². The Morgan fingerprint density at radius 3 is 3.00 bits per heavy atom. The Morgan fingerprint density at radius 1 is 1.50 bits per heavy atom. The number of hydrogen-bond acceptors (Lipinski definition) is 2. The lowest BCUT2D eigenvalue weighted by molar-refractivity contribution is 0.0944. The van der Waals surface area contributed by atoms with E-state index in [1.54, 1.807) is 6.07 Å². The second-order valence-electron chi connectivity index (χ2n) is 5.08. The van der Waals surface area contributed by atoms with Crippen molar-refractivity contribution in [2.75, 3.05) is 6.61 Å². The summed E-state index contributed by atoms with van der Waals surface area (Å²) in [6.45, 7) is 2.71. The average molecular weight is 252 g/mol. The molecule has 1 aliphatic rings. The van der Waals surface area contributed by atoms with Crippen LogP contribution in [0.4, 0.5) is 4.39 Å². The highest BCUT2D eigenvalue weighted by atomic mass is 19.1. The molecule has 0 aliphatic carbocycles. The van der Waals surface area contributed by atoms with Crippen LogP contribution in [0.5, 0.6) is 0 Å². The number of hydrogen-bond donors (Lipinski definition) is 1. The smallest absolute Gasteiger partial charge is 0.123 e. The first kappa shape index (κ1) is 13.5. The normalized spacial score (nSPS) is 21.2. The number of benzene rings is 1. The van der Waals surface area contributed by atoms with Gasteiger partial charge >= 0.3 is 0 Å². The Labute approximate surface area is 108 Å². The standard InChI is InChI=1S/C15H21FO2/c1-11-10-12(16)7-8-14(11)15(17)6-2-4-13-5-3-9-18-13/h7-8,10,13,15,17H,2-6,9H2,1H3. The highest BCUT2D eigenvalue weighted by molar-refractivity contribution is 5.28. The van der Waals surface area contributed by atoms with E-state index >= 15 is 0 Å². The maximum absolute atomic E-state index is 13.0. The molecule has 100 valence electrons. The van der Waals surface area contributed by atoms with Gasteiger partial charge in [-0.2, -0.15) is 0 Å². The van der Waals surface area contributed by atoms with Crippen LogP contribution in [-0.4, -0.2) is 17.8 Å². The van der Waals surface area contributed by atoms with Gasteiger partial charge in [-0.15, -0.1) is 0 Å². The molecule has 2 rings (SSSR count). The van der Waals surface area contributed by atoms with Crippen LogP contribution in [-0.2, 0) is 4.74 Å².